The molecule has 0 aromatic heterocycles. The molecule has 0 heterocycles. The number of rotatable bonds is 4. The number of benzene rings is 8. The van der Waals surface area contributed by atoms with Gasteiger partial charge in [0.25, 0.3) is 0 Å². The predicted molar refractivity (Wildman–Crippen MR) is 268 cm³/mol. The van der Waals surface area contributed by atoms with Gasteiger partial charge in [0.2, 0.25) is 0 Å². The van der Waals surface area contributed by atoms with Crippen LogP contribution in [-0.4, -0.2) is 0 Å². The Kier molecular flexibility index (Phi) is 15.5. The fourth-order valence-corrected chi connectivity index (χ4v) is 8.85. The zero-order valence-corrected chi connectivity index (χ0v) is 37.8. The van der Waals surface area contributed by atoms with Gasteiger partial charge in [-0.3, -0.25) is 0 Å². The van der Waals surface area contributed by atoms with E-state index >= 15 is 0 Å². The van der Waals surface area contributed by atoms with Crippen LogP contribution in [0.2, 0.25) is 0 Å². The number of hydrogen-bond acceptors (Lipinski definition) is 0. The highest BCUT2D eigenvalue weighted by atomic mass is 14.4. The van der Waals surface area contributed by atoms with Gasteiger partial charge >= 0.3 is 0 Å². The first-order valence-electron chi connectivity index (χ1n) is 22.5. The predicted octanol–water partition coefficient (Wildman–Crippen LogP) is 17.3. The van der Waals surface area contributed by atoms with E-state index in [1.54, 1.807) is 0 Å². The van der Waals surface area contributed by atoms with Gasteiger partial charge in [-0.25, -0.2) is 0 Å². The lowest BCUT2D eigenvalue weighted by molar-refractivity contribution is 0.737. The molecule has 0 N–H and O–H groups in total. The van der Waals surface area contributed by atoms with Crippen LogP contribution < -0.4 is 0 Å². The molecule has 0 spiro atoms. The molecule has 0 radical (unpaired) electrons. The Hall–Kier alpha value is -6.24. The summed E-state index contributed by atoms with van der Waals surface area (Å²) in [5.74, 6) is 0. The van der Waals surface area contributed by atoms with Gasteiger partial charge in [0.15, 0.2) is 0 Å². The van der Waals surface area contributed by atoms with Crippen LogP contribution in [0.1, 0.15) is 104 Å². The van der Waals surface area contributed by atoms with Crippen molar-refractivity contribution in [3.63, 3.8) is 0 Å². The smallest absolute Gasteiger partial charge is 0.0704 e. The highest BCUT2D eigenvalue weighted by molar-refractivity contribution is 6.12. The third kappa shape index (κ3) is 9.88. The van der Waals surface area contributed by atoms with Crippen LogP contribution in [0.3, 0.4) is 0 Å². The zero-order chi connectivity index (χ0) is 43.2. The van der Waals surface area contributed by atoms with Crippen LogP contribution >= 0.6 is 0 Å². The summed E-state index contributed by atoms with van der Waals surface area (Å²) in [6.45, 7) is 16.9. The lowest BCUT2D eigenvalue weighted by Gasteiger charge is -2.38. The Balaban J connectivity index is 0.000000163. The van der Waals surface area contributed by atoms with E-state index in [0.717, 1.165) is 6.42 Å². The quantitative estimate of drug-likeness (QED) is 0.123. The minimum absolute atomic E-state index is 0.347. The van der Waals surface area contributed by atoms with Gasteiger partial charge in [0.05, 0.1) is 5.41 Å². The summed E-state index contributed by atoms with van der Waals surface area (Å²) in [6, 6.07) is 64.1. The number of aryl methyl sites for hydroxylation is 3. The molecule has 0 saturated heterocycles. The van der Waals surface area contributed by atoms with Gasteiger partial charge in [0, 0.05) is 0 Å². The largest absolute Gasteiger partial charge is 0.0840 e. The molecule has 0 amide bonds. The molecule has 0 heteroatoms. The van der Waals surface area contributed by atoms with E-state index in [1.165, 1.54) is 108 Å². The van der Waals surface area contributed by atoms with Gasteiger partial charge in [0.1, 0.15) is 0 Å². The van der Waals surface area contributed by atoms with E-state index in [9.17, 15) is 0 Å². The maximum atomic E-state index is 2.33. The second-order valence-electron chi connectivity index (χ2n) is 16.1. The molecule has 0 nitrogen and oxygen atoms in total. The van der Waals surface area contributed by atoms with Crippen molar-refractivity contribution >= 4 is 21.5 Å². The minimum Gasteiger partial charge on any atom is -0.0840 e. The average Bonchev–Trinajstić information content (AvgIpc) is 3.67. The SMILES string of the molecule is CC.CC1=CCCC=C1.CCC.Cc1ccc2c(c1)-c1ccc3ccc4ccccc4c3c1C2.Cc1cccc(C(c2ccccc2)(c2ccccc2)c2ccccc2C)c1. The summed E-state index contributed by atoms with van der Waals surface area (Å²) in [7, 11) is 0. The van der Waals surface area contributed by atoms with E-state index in [1.807, 2.05) is 13.8 Å². The first-order chi connectivity index (χ1) is 29.8. The number of hydrogen-bond donors (Lipinski definition) is 0. The molecular formula is C61H64. The Morgan fingerprint density at radius 3 is 1.70 bits per heavy atom. The third-order valence-electron chi connectivity index (χ3n) is 11.5. The molecular weight excluding hydrogens is 733 g/mol. The first kappa shape index (κ1) is 44.3. The van der Waals surface area contributed by atoms with Crippen molar-refractivity contribution < 1.29 is 0 Å². The summed E-state index contributed by atoms with van der Waals surface area (Å²) in [5.41, 5.74) is 16.0. The molecule has 0 aliphatic heterocycles. The topological polar surface area (TPSA) is 0 Å². The first-order valence-corrected chi connectivity index (χ1v) is 22.5. The monoisotopic (exact) mass is 797 g/mol. The van der Waals surface area contributed by atoms with Crippen LogP contribution in [0.4, 0.5) is 0 Å². The second-order valence-corrected chi connectivity index (χ2v) is 16.1. The van der Waals surface area contributed by atoms with Gasteiger partial charge in [-0.15, -0.1) is 0 Å². The maximum Gasteiger partial charge on any atom is 0.0704 e. The van der Waals surface area contributed by atoms with E-state index in [2.05, 4.69) is 236 Å². The van der Waals surface area contributed by atoms with Crippen LogP contribution in [0.15, 0.2) is 200 Å². The van der Waals surface area contributed by atoms with E-state index < -0.39 is 0 Å². The molecule has 8 aromatic rings. The molecule has 0 bridgehead atoms. The summed E-state index contributed by atoms with van der Waals surface area (Å²) in [6.07, 6.45) is 11.4. The van der Waals surface area contributed by atoms with Crippen LogP contribution in [0.5, 0.6) is 0 Å². The van der Waals surface area contributed by atoms with Crippen molar-refractivity contribution in [2.24, 2.45) is 0 Å². The molecule has 0 atom stereocenters. The summed E-state index contributed by atoms with van der Waals surface area (Å²) < 4.78 is 0. The van der Waals surface area contributed by atoms with Gasteiger partial charge in [-0.05, 0) is 119 Å². The van der Waals surface area contributed by atoms with Gasteiger partial charge < -0.3 is 0 Å². The molecule has 2 aliphatic carbocycles. The second kappa shape index (κ2) is 21.3. The van der Waals surface area contributed by atoms with E-state index in [4.69, 9.17) is 0 Å². The molecule has 2 aliphatic rings. The highest BCUT2D eigenvalue weighted by Crippen LogP contribution is 2.46. The van der Waals surface area contributed by atoms with E-state index in [0.29, 0.717) is 0 Å². The normalized spacial score (nSPS) is 12.2. The molecule has 0 unspecified atom stereocenters. The van der Waals surface area contributed by atoms with Crippen molar-refractivity contribution in [2.45, 2.75) is 86.5 Å². The van der Waals surface area contributed by atoms with E-state index in [-0.39, 0.29) is 5.41 Å². The minimum atomic E-state index is -0.347. The van der Waals surface area contributed by atoms with Crippen molar-refractivity contribution in [1.82, 2.24) is 0 Å². The lowest BCUT2D eigenvalue weighted by atomic mass is 9.64. The van der Waals surface area contributed by atoms with Gasteiger partial charge in [-0.2, -0.15) is 0 Å². The van der Waals surface area contributed by atoms with Crippen LogP contribution in [-0.2, 0) is 11.8 Å². The van der Waals surface area contributed by atoms with Crippen molar-refractivity contribution in [3.8, 4) is 11.1 Å². The Bertz CT molecular complexity index is 2670. The summed E-state index contributed by atoms with van der Waals surface area (Å²) >= 11 is 0. The van der Waals surface area contributed by atoms with Crippen molar-refractivity contribution in [2.75, 3.05) is 0 Å². The average molecular weight is 797 g/mol. The molecule has 0 fully saturated rings. The molecule has 308 valence electrons. The molecule has 8 aromatic carbocycles. The Labute approximate surface area is 367 Å². The highest BCUT2D eigenvalue weighted by Gasteiger charge is 2.39. The van der Waals surface area contributed by atoms with Gasteiger partial charge in [-0.1, -0.05) is 245 Å². The Morgan fingerprint density at radius 1 is 0.492 bits per heavy atom. The molecule has 61 heavy (non-hydrogen) atoms. The standard InChI is InChI=1S/C27H24.C22H16.C7H10.C3H8.C2H6/c1-21-12-11-18-25(20-21)27(23-14-5-3-6-15-23,24-16-7-4-8-17-24)26-19-10-9-13-22(26)2;1-14-6-7-17-13-21-19(20(17)12-14)11-10-16-9-8-15-4-2-3-5-18(15)22(16)21;1-7-5-3-2-4-6-7;1-3-2;1-2/h3-20H,1-2H3;2-12H,13H2,1H3;3,5-6H,2,4H2,1H3;3H2,1-2H3;1-2H3. The molecule has 0 saturated carbocycles. The maximum absolute atomic E-state index is 2.33. The summed E-state index contributed by atoms with van der Waals surface area (Å²) in [5, 5.41) is 5.49. The molecule has 10 rings (SSSR count). The fourth-order valence-electron chi connectivity index (χ4n) is 8.85. The number of allylic oxidation sites excluding steroid dienone is 4. The fraction of sp³-hybridized carbons (Fsp3) is 0.213. The summed E-state index contributed by atoms with van der Waals surface area (Å²) in [4.78, 5) is 0. The third-order valence-corrected chi connectivity index (χ3v) is 11.5. The van der Waals surface area contributed by atoms with Crippen LogP contribution in [0.25, 0.3) is 32.7 Å². The van der Waals surface area contributed by atoms with Crippen molar-refractivity contribution in [3.05, 3.63) is 250 Å². The zero-order valence-electron chi connectivity index (χ0n) is 37.8. The number of fused-ring (bicyclic) bond motifs is 7. The lowest BCUT2D eigenvalue weighted by Crippen LogP contribution is -2.31. The Morgan fingerprint density at radius 2 is 1.08 bits per heavy atom. The van der Waals surface area contributed by atoms with Crippen molar-refractivity contribution in [1.29, 1.82) is 0 Å². The van der Waals surface area contributed by atoms with Crippen LogP contribution in [0, 0.1) is 20.8 Å².